The predicted molar refractivity (Wildman–Crippen MR) is 79.9 cm³/mol. The lowest BCUT2D eigenvalue weighted by atomic mass is 10.2. The number of thiazole rings is 1. The van der Waals surface area contributed by atoms with Gasteiger partial charge in [0.1, 0.15) is 5.01 Å². The second-order valence-electron chi connectivity index (χ2n) is 4.37. The van der Waals surface area contributed by atoms with E-state index in [4.69, 9.17) is 4.98 Å². The van der Waals surface area contributed by atoms with E-state index >= 15 is 0 Å². The molecular weight excluding hydrogens is 248 g/mol. The molecule has 2 atom stereocenters. The Labute approximate surface area is 114 Å². The number of hydrogen-bond acceptors (Lipinski definition) is 4. The maximum Gasteiger partial charge on any atom is 0.103 e. The van der Waals surface area contributed by atoms with Gasteiger partial charge < -0.3 is 5.32 Å². The average Bonchev–Trinajstić information content (AvgIpc) is 2.81. The smallest absolute Gasteiger partial charge is 0.103 e. The van der Waals surface area contributed by atoms with Gasteiger partial charge in [-0.25, -0.2) is 4.98 Å². The molecule has 0 aliphatic carbocycles. The van der Waals surface area contributed by atoms with Crippen LogP contribution in [-0.2, 0) is 5.75 Å². The number of rotatable bonds is 8. The van der Waals surface area contributed by atoms with Crippen LogP contribution in [0.25, 0.3) is 0 Å². The lowest BCUT2D eigenvalue weighted by Crippen LogP contribution is -2.19. The van der Waals surface area contributed by atoms with Crippen molar-refractivity contribution < 1.29 is 0 Å². The highest BCUT2D eigenvalue weighted by atomic mass is 32.2. The molecule has 1 aromatic rings. The minimum absolute atomic E-state index is 0.383. The van der Waals surface area contributed by atoms with Crippen LogP contribution in [0.1, 0.15) is 57.3 Å². The first-order valence-corrected chi connectivity index (χ1v) is 8.39. The molecule has 2 nitrogen and oxygen atoms in total. The van der Waals surface area contributed by atoms with Crippen molar-refractivity contribution in [2.24, 2.45) is 0 Å². The van der Waals surface area contributed by atoms with E-state index < -0.39 is 0 Å². The Bertz CT molecular complexity index is 312. The Balaban J connectivity index is 2.41. The van der Waals surface area contributed by atoms with E-state index in [0.717, 1.165) is 17.5 Å². The van der Waals surface area contributed by atoms with Crippen molar-refractivity contribution in [1.82, 2.24) is 10.3 Å². The van der Waals surface area contributed by atoms with E-state index in [0.29, 0.717) is 6.04 Å². The molecule has 1 aromatic heterocycles. The van der Waals surface area contributed by atoms with Crippen molar-refractivity contribution in [2.45, 2.75) is 57.6 Å². The molecule has 0 bridgehead atoms. The fourth-order valence-electron chi connectivity index (χ4n) is 1.39. The van der Waals surface area contributed by atoms with Gasteiger partial charge in [0.15, 0.2) is 0 Å². The summed E-state index contributed by atoms with van der Waals surface area (Å²) in [5.41, 5.74) is 1.20. The minimum Gasteiger partial charge on any atom is -0.309 e. The number of thioether (sulfide) groups is 1. The fourth-order valence-corrected chi connectivity index (χ4v) is 3.26. The summed E-state index contributed by atoms with van der Waals surface area (Å²) < 4.78 is 0. The summed E-state index contributed by atoms with van der Waals surface area (Å²) in [4.78, 5) is 4.70. The van der Waals surface area contributed by atoms with E-state index in [2.05, 4.69) is 38.4 Å². The van der Waals surface area contributed by atoms with Crippen LogP contribution < -0.4 is 5.32 Å². The molecule has 0 aliphatic heterocycles. The highest BCUT2D eigenvalue weighted by Gasteiger charge is 2.09. The maximum absolute atomic E-state index is 4.70. The lowest BCUT2D eigenvalue weighted by molar-refractivity contribution is 0.560. The van der Waals surface area contributed by atoms with Gasteiger partial charge in [0, 0.05) is 22.4 Å². The largest absolute Gasteiger partial charge is 0.309 e. The van der Waals surface area contributed by atoms with E-state index in [-0.39, 0.29) is 0 Å². The highest BCUT2D eigenvalue weighted by molar-refractivity contribution is 7.99. The van der Waals surface area contributed by atoms with Crippen molar-refractivity contribution in [3.8, 4) is 0 Å². The molecule has 0 spiro atoms. The maximum atomic E-state index is 4.70. The van der Waals surface area contributed by atoms with E-state index in [1.165, 1.54) is 23.5 Å². The molecule has 1 rings (SSSR count). The second-order valence-corrected chi connectivity index (χ2v) is 6.74. The molecule has 0 aliphatic rings. The van der Waals surface area contributed by atoms with Crippen LogP contribution in [0.4, 0.5) is 0 Å². The van der Waals surface area contributed by atoms with Crippen molar-refractivity contribution in [3.05, 3.63) is 16.1 Å². The van der Waals surface area contributed by atoms with Crippen LogP contribution in [0.3, 0.4) is 0 Å². The third-order valence-corrected chi connectivity index (χ3v) is 5.17. The van der Waals surface area contributed by atoms with Crippen LogP contribution in [-0.4, -0.2) is 16.8 Å². The third kappa shape index (κ3) is 5.40. The zero-order valence-corrected chi connectivity index (χ0v) is 13.0. The number of nitrogens with zero attached hydrogens (tertiary/aromatic N) is 1. The molecule has 0 fully saturated rings. The lowest BCUT2D eigenvalue weighted by Gasteiger charge is -2.09. The van der Waals surface area contributed by atoms with Gasteiger partial charge in [-0.15, -0.1) is 11.3 Å². The number of aromatic nitrogens is 1. The van der Waals surface area contributed by atoms with Gasteiger partial charge in [0.05, 0.1) is 5.69 Å². The van der Waals surface area contributed by atoms with Crippen molar-refractivity contribution in [2.75, 3.05) is 6.54 Å². The topological polar surface area (TPSA) is 24.9 Å². The molecular formula is C13H24N2S2. The number of hydrogen-bond donors (Lipinski definition) is 1. The molecule has 0 saturated carbocycles. The second kappa shape index (κ2) is 8.11. The Morgan fingerprint density at radius 1 is 1.41 bits per heavy atom. The predicted octanol–water partition coefficient (Wildman–Crippen LogP) is 4.24. The summed E-state index contributed by atoms with van der Waals surface area (Å²) in [7, 11) is 0. The van der Waals surface area contributed by atoms with Gasteiger partial charge in [0.25, 0.3) is 0 Å². The van der Waals surface area contributed by atoms with Crippen molar-refractivity contribution in [3.63, 3.8) is 0 Å². The van der Waals surface area contributed by atoms with E-state index in [1.807, 2.05) is 11.8 Å². The van der Waals surface area contributed by atoms with Crippen molar-refractivity contribution in [1.29, 1.82) is 0 Å². The summed E-state index contributed by atoms with van der Waals surface area (Å²) in [6.45, 7) is 9.97. The zero-order chi connectivity index (χ0) is 12.7. The van der Waals surface area contributed by atoms with Crippen LogP contribution in [0.2, 0.25) is 0 Å². The fraction of sp³-hybridized carbons (Fsp3) is 0.769. The monoisotopic (exact) mass is 272 g/mol. The first-order valence-electron chi connectivity index (χ1n) is 6.46. The summed E-state index contributed by atoms with van der Waals surface area (Å²) in [5, 5.41) is 7.66. The molecule has 0 saturated heterocycles. The summed E-state index contributed by atoms with van der Waals surface area (Å²) >= 11 is 3.79. The molecule has 17 heavy (non-hydrogen) atoms. The Kier molecular flexibility index (Phi) is 7.16. The molecule has 4 heteroatoms. The Morgan fingerprint density at radius 3 is 2.82 bits per heavy atom. The van der Waals surface area contributed by atoms with Crippen LogP contribution in [0, 0.1) is 0 Å². The van der Waals surface area contributed by atoms with Crippen LogP contribution in [0.15, 0.2) is 5.38 Å². The van der Waals surface area contributed by atoms with Gasteiger partial charge in [-0.1, -0.05) is 20.8 Å². The molecule has 0 radical (unpaired) electrons. The summed E-state index contributed by atoms with van der Waals surface area (Å²) in [6.07, 6.45) is 2.41. The van der Waals surface area contributed by atoms with Gasteiger partial charge in [-0.3, -0.25) is 0 Å². The first kappa shape index (κ1) is 15.0. The molecule has 1 N–H and O–H groups in total. The van der Waals surface area contributed by atoms with E-state index in [9.17, 15) is 0 Å². The van der Waals surface area contributed by atoms with Crippen molar-refractivity contribution >= 4 is 23.1 Å². The zero-order valence-electron chi connectivity index (χ0n) is 11.3. The minimum atomic E-state index is 0.383. The molecule has 1 heterocycles. The summed E-state index contributed by atoms with van der Waals surface area (Å²) in [6, 6.07) is 0.383. The SMILES string of the molecule is CCCNC(C)c1csc(CSC(C)CC)n1. The van der Waals surface area contributed by atoms with Gasteiger partial charge in [-0.2, -0.15) is 11.8 Å². The quantitative estimate of drug-likeness (QED) is 0.766. The average molecular weight is 272 g/mol. The van der Waals surface area contributed by atoms with E-state index in [1.54, 1.807) is 11.3 Å². The summed E-state index contributed by atoms with van der Waals surface area (Å²) in [5.74, 6) is 1.06. The van der Waals surface area contributed by atoms with Crippen LogP contribution in [0.5, 0.6) is 0 Å². The first-order chi connectivity index (χ1) is 8.17. The van der Waals surface area contributed by atoms with Gasteiger partial charge >= 0.3 is 0 Å². The Morgan fingerprint density at radius 2 is 2.18 bits per heavy atom. The van der Waals surface area contributed by atoms with Crippen LogP contribution >= 0.6 is 23.1 Å². The standard InChI is InChI=1S/C13H24N2S2/c1-5-7-14-11(4)12-8-17-13(15-12)9-16-10(3)6-2/h8,10-11,14H,5-7,9H2,1-4H3. The normalized spacial score (nSPS) is 14.8. The molecule has 0 aromatic carbocycles. The molecule has 98 valence electrons. The molecule has 2 unspecified atom stereocenters. The van der Waals surface area contributed by atoms with Gasteiger partial charge in [0.2, 0.25) is 0 Å². The molecule has 0 amide bonds. The highest BCUT2D eigenvalue weighted by Crippen LogP contribution is 2.24. The van der Waals surface area contributed by atoms with Gasteiger partial charge in [-0.05, 0) is 26.3 Å². The number of nitrogens with one attached hydrogen (secondary N) is 1. The Hall–Kier alpha value is -0.0600. The third-order valence-electron chi connectivity index (χ3n) is 2.78.